The summed E-state index contributed by atoms with van der Waals surface area (Å²) in [6.07, 6.45) is -0.333. The molecule has 1 aliphatic rings. The number of carbonyl (C=O) groups excluding carboxylic acids is 3. The summed E-state index contributed by atoms with van der Waals surface area (Å²) in [7, 11) is 1.49. The van der Waals surface area contributed by atoms with Crippen LogP contribution in [0.5, 0.6) is 0 Å². The molecule has 4 N–H and O–H groups in total. The first-order chi connectivity index (χ1) is 9.45. The Hall–Kier alpha value is -2.32. The van der Waals surface area contributed by atoms with Crippen molar-refractivity contribution >= 4 is 23.8 Å². The molecule has 0 aliphatic carbocycles. The van der Waals surface area contributed by atoms with Gasteiger partial charge in [-0.3, -0.25) is 14.4 Å². The van der Waals surface area contributed by atoms with Crippen LogP contribution in [0.4, 0.5) is 4.79 Å². The third-order valence-electron chi connectivity index (χ3n) is 2.87. The normalized spacial score (nSPS) is 18.1. The summed E-state index contributed by atoms with van der Waals surface area (Å²) < 4.78 is 0. The fourth-order valence-corrected chi connectivity index (χ4v) is 1.84. The van der Waals surface area contributed by atoms with Crippen molar-refractivity contribution in [3.8, 4) is 0 Å². The van der Waals surface area contributed by atoms with Crippen molar-refractivity contribution in [3.63, 3.8) is 0 Å². The van der Waals surface area contributed by atoms with Gasteiger partial charge < -0.3 is 26.0 Å². The molecule has 1 saturated heterocycles. The highest BCUT2D eigenvalue weighted by Crippen LogP contribution is 2.09. The summed E-state index contributed by atoms with van der Waals surface area (Å²) in [6.45, 7) is 0.629. The molecule has 0 spiro atoms. The zero-order valence-electron chi connectivity index (χ0n) is 11.1. The molecule has 0 aromatic rings. The van der Waals surface area contributed by atoms with Crippen LogP contribution in [0.2, 0.25) is 0 Å². The Morgan fingerprint density at radius 1 is 1.45 bits per heavy atom. The standard InChI is InChI=1S/C11H18N4O5/c1-12-8(16)2-3-14-11(20)15-5-4-13-10(19)7(15)6-9(17)18/h7H,2-6H2,1H3,(H,12,16)(H,13,19)(H,14,20)(H,17,18). The topological polar surface area (TPSA) is 128 Å². The lowest BCUT2D eigenvalue weighted by atomic mass is 10.1. The number of nitrogens with one attached hydrogen (secondary N) is 3. The number of carboxylic acids is 1. The third kappa shape index (κ3) is 4.41. The predicted molar refractivity (Wildman–Crippen MR) is 67.8 cm³/mol. The van der Waals surface area contributed by atoms with Gasteiger partial charge in [-0.15, -0.1) is 0 Å². The summed E-state index contributed by atoms with van der Waals surface area (Å²) in [5.41, 5.74) is 0. The van der Waals surface area contributed by atoms with E-state index >= 15 is 0 Å². The Kier molecular flexibility index (Phi) is 5.75. The largest absolute Gasteiger partial charge is 0.481 e. The van der Waals surface area contributed by atoms with Crippen molar-refractivity contribution in [3.05, 3.63) is 0 Å². The third-order valence-corrected chi connectivity index (χ3v) is 2.87. The van der Waals surface area contributed by atoms with Crippen LogP contribution < -0.4 is 16.0 Å². The molecule has 0 saturated carbocycles. The highest BCUT2D eigenvalue weighted by atomic mass is 16.4. The summed E-state index contributed by atoms with van der Waals surface area (Å²) >= 11 is 0. The fourth-order valence-electron chi connectivity index (χ4n) is 1.84. The molecule has 0 radical (unpaired) electrons. The number of carboxylic acid groups (broad SMARTS) is 1. The minimum absolute atomic E-state index is 0.117. The van der Waals surface area contributed by atoms with Crippen LogP contribution in [-0.2, 0) is 14.4 Å². The molecule has 1 heterocycles. The summed E-state index contributed by atoms with van der Waals surface area (Å²) in [5.74, 6) is -1.86. The molecule has 1 aliphatic heterocycles. The van der Waals surface area contributed by atoms with Gasteiger partial charge in [0.2, 0.25) is 11.8 Å². The van der Waals surface area contributed by atoms with Crippen LogP contribution in [0.25, 0.3) is 0 Å². The molecular weight excluding hydrogens is 268 g/mol. The number of carbonyl (C=O) groups is 4. The van der Waals surface area contributed by atoms with Gasteiger partial charge in [0.25, 0.3) is 0 Å². The van der Waals surface area contributed by atoms with Gasteiger partial charge in [0, 0.05) is 33.1 Å². The molecule has 1 fully saturated rings. The molecule has 4 amide bonds. The Bertz CT molecular complexity index is 412. The Morgan fingerprint density at radius 2 is 2.15 bits per heavy atom. The Balaban J connectivity index is 2.56. The van der Waals surface area contributed by atoms with E-state index in [1.165, 1.54) is 11.9 Å². The fraction of sp³-hybridized carbons (Fsp3) is 0.636. The molecule has 0 aromatic carbocycles. The van der Waals surface area contributed by atoms with Gasteiger partial charge in [-0.1, -0.05) is 0 Å². The van der Waals surface area contributed by atoms with E-state index in [0.29, 0.717) is 0 Å². The molecular formula is C11H18N4O5. The monoisotopic (exact) mass is 286 g/mol. The predicted octanol–water partition coefficient (Wildman–Crippen LogP) is -1.89. The minimum Gasteiger partial charge on any atom is -0.481 e. The molecule has 0 bridgehead atoms. The first kappa shape index (κ1) is 15.7. The second-order valence-corrected chi connectivity index (χ2v) is 4.25. The van der Waals surface area contributed by atoms with E-state index in [-0.39, 0.29) is 32.0 Å². The Labute approximate surface area is 115 Å². The molecule has 112 valence electrons. The summed E-state index contributed by atoms with van der Waals surface area (Å²) in [6, 6.07) is -1.57. The zero-order valence-corrected chi connectivity index (χ0v) is 11.1. The van der Waals surface area contributed by atoms with E-state index in [0.717, 1.165) is 0 Å². The van der Waals surface area contributed by atoms with E-state index in [9.17, 15) is 19.2 Å². The van der Waals surface area contributed by atoms with Crippen molar-refractivity contribution in [2.75, 3.05) is 26.7 Å². The number of piperazine rings is 1. The van der Waals surface area contributed by atoms with Crippen LogP contribution in [0.1, 0.15) is 12.8 Å². The SMILES string of the molecule is CNC(=O)CCNC(=O)N1CCNC(=O)C1CC(=O)O. The highest BCUT2D eigenvalue weighted by Gasteiger charge is 2.34. The van der Waals surface area contributed by atoms with Gasteiger partial charge >= 0.3 is 12.0 Å². The van der Waals surface area contributed by atoms with E-state index in [4.69, 9.17) is 5.11 Å². The first-order valence-corrected chi connectivity index (χ1v) is 6.20. The lowest BCUT2D eigenvalue weighted by Gasteiger charge is -2.34. The van der Waals surface area contributed by atoms with Crippen molar-refractivity contribution < 1.29 is 24.3 Å². The number of rotatable bonds is 5. The number of hydrogen-bond donors (Lipinski definition) is 4. The number of hydrogen-bond acceptors (Lipinski definition) is 4. The first-order valence-electron chi connectivity index (χ1n) is 6.20. The zero-order chi connectivity index (χ0) is 15.1. The van der Waals surface area contributed by atoms with Gasteiger partial charge in [-0.2, -0.15) is 0 Å². The lowest BCUT2D eigenvalue weighted by Crippen LogP contribution is -2.60. The Morgan fingerprint density at radius 3 is 2.75 bits per heavy atom. The van der Waals surface area contributed by atoms with Crippen molar-refractivity contribution in [1.29, 1.82) is 0 Å². The number of urea groups is 1. The van der Waals surface area contributed by atoms with Crippen LogP contribution in [0, 0.1) is 0 Å². The smallest absolute Gasteiger partial charge is 0.318 e. The van der Waals surface area contributed by atoms with Gasteiger partial charge in [0.1, 0.15) is 6.04 Å². The van der Waals surface area contributed by atoms with E-state index in [1.54, 1.807) is 0 Å². The highest BCUT2D eigenvalue weighted by molar-refractivity contribution is 5.91. The second-order valence-electron chi connectivity index (χ2n) is 4.25. The minimum atomic E-state index is -1.16. The van der Waals surface area contributed by atoms with Crippen LogP contribution in [0.3, 0.4) is 0 Å². The van der Waals surface area contributed by atoms with Crippen LogP contribution in [-0.4, -0.2) is 66.5 Å². The average Bonchev–Trinajstić information content (AvgIpc) is 2.40. The average molecular weight is 286 g/mol. The maximum absolute atomic E-state index is 11.9. The number of nitrogens with zero attached hydrogens (tertiary/aromatic N) is 1. The van der Waals surface area contributed by atoms with Crippen molar-refractivity contribution in [1.82, 2.24) is 20.9 Å². The lowest BCUT2D eigenvalue weighted by molar-refractivity contribution is -0.142. The molecule has 1 unspecified atom stereocenters. The molecule has 1 rings (SSSR count). The molecule has 9 heteroatoms. The maximum atomic E-state index is 11.9. The van der Waals surface area contributed by atoms with E-state index in [2.05, 4.69) is 16.0 Å². The number of aliphatic carboxylic acids is 1. The molecule has 1 atom stereocenters. The van der Waals surface area contributed by atoms with Gasteiger partial charge in [-0.05, 0) is 0 Å². The van der Waals surface area contributed by atoms with Crippen LogP contribution in [0.15, 0.2) is 0 Å². The molecule has 20 heavy (non-hydrogen) atoms. The maximum Gasteiger partial charge on any atom is 0.318 e. The number of amides is 4. The van der Waals surface area contributed by atoms with Gasteiger partial charge in [0.15, 0.2) is 0 Å². The summed E-state index contributed by atoms with van der Waals surface area (Å²) in [4.78, 5) is 46.5. The summed E-state index contributed by atoms with van der Waals surface area (Å²) in [5, 5.41) is 16.2. The van der Waals surface area contributed by atoms with E-state index < -0.39 is 30.4 Å². The quantitative estimate of drug-likeness (QED) is 0.469. The van der Waals surface area contributed by atoms with Gasteiger partial charge in [0.05, 0.1) is 6.42 Å². The van der Waals surface area contributed by atoms with Crippen LogP contribution >= 0.6 is 0 Å². The molecule has 9 nitrogen and oxygen atoms in total. The second kappa shape index (κ2) is 7.31. The van der Waals surface area contributed by atoms with E-state index in [1.807, 2.05) is 0 Å². The van der Waals surface area contributed by atoms with Crippen molar-refractivity contribution in [2.45, 2.75) is 18.9 Å². The molecule has 0 aromatic heterocycles. The van der Waals surface area contributed by atoms with Gasteiger partial charge in [-0.25, -0.2) is 4.79 Å². The van der Waals surface area contributed by atoms with Crippen molar-refractivity contribution in [2.24, 2.45) is 0 Å².